The number of alkyl carbamates (subject to hydrolysis) is 1. The van der Waals surface area contributed by atoms with Crippen LogP contribution in [0, 0.1) is 0 Å². The van der Waals surface area contributed by atoms with Crippen LogP contribution in [0.2, 0.25) is 0 Å². The summed E-state index contributed by atoms with van der Waals surface area (Å²) in [7, 11) is 1.54. The molecule has 0 atom stereocenters. The number of carbonyl (C=O) groups excluding carboxylic acids is 1. The van der Waals surface area contributed by atoms with Gasteiger partial charge in [0.05, 0.1) is 0 Å². The van der Waals surface area contributed by atoms with Gasteiger partial charge in [0.15, 0.2) is 0 Å². The number of nitrogens with two attached hydrogens (primary N) is 1. The summed E-state index contributed by atoms with van der Waals surface area (Å²) in [5.41, 5.74) is 5.47. The molecule has 0 bridgehead atoms. The quantitative estimate of drug-likeness (QED) is 0.537. The van der Waals surface area contributed by atoms with Gasteiger partial charge in [-0.3, -0.25) is 0 Å². The molecule has 0 heterocycles. The molecule has 1 aliphatic rings. The number of hydrogen-bond acceptors (Lipinski definition) is 3. The molecule has 0 radical (unpaired) electrons. The van der Waals surface area contributed by atoms with Crippen LogP contribution in [0.15, 0.2) is 0 Å². The molecule has 0 aromatic heterocycles. The summed E-state index contributed by atoms with van der Waals surface area (Å²) in [5, 5.41) is 2.38. The van der Waals surface area contributed by atoms with Crippen molar-refractivity contribution in [1.29, 1.82) is 0 Å². The van der Waals surface area contributed by atoms with Crippen molar-refractivity contribution in [2.24, 2.45) is 5.73 Å². The molecule has 0 spiro atoms. The Morgan fingerprint density at radius 2 is 2.30 bits per heavy atom. The summed E-state index contributed by atoms with van der Waals surface area (Å²) in [5.74, 6) is 0. The molecular weight excluding hydrogens is 132 g/mol. The van der Waals surface area contributed by atoms with Gasteiger partial charge in [0.25, 0.3) is 0 Å². The van der Waals surface area contributed by atoms with Gasteiger partial charge in [-0.15, -0.1) is 0 Å². The van der Waals surface area contributed by atoms with Gasteiger partial charge in [0.2, 0.25) is 0 Å². The normalized spacial score (nSPS) is 30.6. The average molecular weight is 144 g/mol. The van der Waals surface area contributed by atoms with E-state index in [1.165, 1.54) is 0 Å². The number of hydrogen-bond donors (Lipinski definition) is 2. The van der Waals surface area contributed by atoms with Gasteiger partial charge >= 0.3 is 6.09 Å². The summed E-state index contributed by atoms with van der Waals surface area (Å²) in [6.45, 7) is 0. The molecule has 4 nitrogen and oxygen atoms in total. The molecule has 10 heavy (non-hydrogen) atoms. The van der Waals surface area contributed by atoms with E-state index >= 15 is 0 Å². The maximum Gasteiger partial charge on any atom is 0.407 e. The molecular formula is C6H12N2O2. The van der Waals surface area contributed by atoms with Crippen LogP contribution in [0.25, 0.3) is 0 Å². The van der Waals surface area contributed by atoms with E-state index in [2.05, 4.69) is 5.32 Å². The lowest BCUT2D eigenvalue weighted by Gasteiger charge is -2.31. The van der Waals surface area contributed by atoms with Crippen molar-refractivity contribution in [3.05, 3.63) is 0 Å². The highest BCUT2D eigenvalue weighted by Crippen LogP contribution is 2.20. The Kier molecular flexibility index (Phi) is 2.11. The van der Waals surface area contributed by atoms with Crippen LogP contribution in [-0.2, 0) is 4.74 Å². The van der Waals surface area contributed by atoms with Crippen LogP contribution in [-0.4, -0.2) is 25.3 Å². The minimum atomic E-state index is -0.364. The van der Waals surface area contributed by atoms with E-state index in [0.717, 1.165) is 12.8 Å². The molecule has 3 N–H and O–H groups in total. The first-order chi connectivity index (χ1) is 4.72. The number of carbonyl (C=O) groups is 1. The Morgan fingerprint density at radius 3 is 2.70 bits per heavy atom. The van der Waals surface area contributed by atoms with Crippen molar-refractivity contribution >= 4 is 6.09 Å². The smallest absolute Gasteiger partial charge is 0.407 e. The Hall–Kier alpha value is -0.770. The summed E-state index contributed by atoms with van der Waals surface area (Å²) in [6.07, 6.45) is 1.28. The van der Waals surface area contributed by atoms with Gasteiger partial charge in [0.1, 0.15) is 6.10 Å². The lowest BCUT2D eigenvalue weighted by molar-refractivity contribution is 0.0425. The van der Waals surface area contributed by atoms with E-state index in [1.807, 2.05) is 0 Å². The van der Waals surface area contributed by atoms with E-state index < -0.39 is 0 Å². The SMILES string of the molecule is CNC(=O)OC1CC(N)C1. The van der Waals surface area contributed by atoms with Gasteiger partial charge in [-0.2, -0.15) is 0 Å². The Morgan fingerprint density at radius 1 is 1.70 bits per heavy atom. The molecule has 0 aromatic carbocycles. The largest absolute Gasteiger partial charge is 0.446 e. The minimum Gasteiger partial charge on any atom is -0.446 e. The molecule has 0 aliphatic heterocycles. The second kappa shape index (κ2) is 2.88. The fourth-order valence-corrected chi connectivity index (χ4v) is 0.913. The zero-order chi connectivity index (χ0) is 7.56. The maximum absolute atomic E-state index is 10.5. The predicted molar refractivity (Wildman–Crippen MR) is 36.5 cm³/mol. The molecule has 0 saturated heterocycles. The summed E-state index contributed by atoms with van der Waals surface area (Å²) >= 11 is 0. The van der Waals surface area contributed by atoms with Crippen molar-refractivity contribution in [3.8, 4) is 0 Å². The molecule has 1 amide bonds. The Balaban J connectivity index is 2.10. The first-order valence-corrected chi connectivity index (χ1v) is 3.36. The first-order valence-electron chi connectivity index (χ1n) is 3.36. The molecule has 1 saturated carbocycles. The lowest BCUT2D eigenvalue weighted by atomic mass is 9.90. The predicted octanol–water partition coefficient (Wildman–Crippen LogP) is -0.168. The zero-order valence-electron chi connectivity index (χ0n) is 5.96. The van der Waals surface area contributed by atoms with Gasteiger partial charge in [-0.1, -0.05) is 0 Å². The van der Waals surface area contributed by atoms with Crippen molar-refractivity contribution in [2.45, 2.75) is 25.0 Å². The second-order valence-electron chi connectivity index (χ2n) is 2.51. The summed E-state index contributed by atoms with van der Waals surface area (Å²) in [4.78, 5) is 10.5. The lowest BCUT2D eigenvalue weighted by Crippen LogP contribution is -2.43. The van der Waals surface area contributed by atoms with Crippen LogP contribution in [0.1, 0.15) is 12.8 Å². The van der Waals surface area contributed by atoms with Crippen LogP contribution in [0.4, 0.5) is 4.79 Å². The van der Waals surface area contributed by atoms with Crippen LogP contribution < -0.4 is 11.1 Å². The topological polar surface area (TPSA) is 64.3 Å². The highest BCUT2D eigenvalue weighted by Gasteiger charge is 2.28. The molecule has 0 aromatic rings. The van der Waals surface area contributed by atoms with Crippen molar-refractivity contribution in [2.75, 3.05) is 7.05 Å². The summed E-state index contributed by atoms with van der Waals surface area (Å²) in [6, 6.07) is 0.231. The number of rotatable bonds is 1. The zero-order valence-corrected chi connectivity index (χ0v) is 5.96. The first kappa shape index (κ1) is 7.34. The van der Waals surface area contributed by atoms with Gasteiger partial charge in [-0.25, -0.2) is 4.79 Å². The van der Waals surface area contributed by atoms with Gasteiger partial charge in [-0.05, 0) is 12.8 Å². The molecule has 58 valence electrons. The summed E-state index contributed by atoms with van der Waals surface area (Å²) < 4.78 is 4.88. The van der Waals surface area contributed by atoms with Crippen LogP contribution >= 0.6 is 0 Å². The third kappa shape index (κ3) is 1.60. The number of amides is 1. The number of nitrogens with one attached hydrogen (secondary N) is 1. The fourth-order valence-electron chi connectivity index (χ4n) is 0.913. The van der Waals surface area contributed by atoms with E-state index in [-0.39, 0.29) is 18.2 Å². The van der Waals surface area contributed by atoms with Crippen molar-refractivity contribution in [1.82, 2.24) is 5.32 Å². The third-order valence-corrected chi connectivity index (χ3v) is 1.61. The van der Waals surface area contributed by atoms with Gasteiger partial charge in [0, 0.05) is 13.1 Å². The molecule has 1 aliphatic carbocycles. The fraction of sp³-hybridized carbons (Fsp3) is 0.833. The van der Waals surface area contributed by atoms with Crippen molar-refractivity contribution < 1.29 is 9.53 Å². The maximum atomic E-state index is 10.5. The molecule has 1 rings (SSSR count). The van der Waals surface area contributed by atoms with E-state index in [1.54, 1.807) is 7.05 Å². The van der Waals surface area contributed by atoms with E-state index in [9.17, 15) is 4.79 Å². The molecule has 4 heteroatoms. The third-order valence-electron chi connectivity index (χ3n) is 1.61. The minimum absolute atomic E-state index is 0.0509. The Labute approximate surface area is 59.7 Å². The highest BCUT2D eigenvalue weighted by molar-refractivity contribution is 5.66. The second-order valence-corrected chi connectivity index (χ2v) is 2.51. The van der Waals surface area contributed by atoms with Crippen LogP contribution in [0.3, 0.4) is 0 Å². The Bertz CT molecular complexity index is 132. The monoisotopic (exact) mass is 144 g/mol. The van der Waals surface area contributed by atoms with Gasteiger partial charge < -0.3 is 15.8 Å². The van der Waals surface area contributed by atoms with E-state index in [4.69, 9.17) is 10.5 Å². The van der Waals surface area contributed by atoms with Crippen molar-refractivity contribution in [3.63, 3.8) is 0 Å². The van der Waals surface area contributed by atoms with Crippen LogP contribution in [0.5, 0.6) is 0 Å². The highest BCUT2D eigenvalue weighted by atomic mass is 16.6. The van der Waals surface area contributed by atoms with E-state index in [0.29, 0.717) is 0 Å². The average Bonchev–Trinajstić information content (AvgIpc) is 1.84. The molecule has 1 fully saturated rings. The standard InChI is InChI=1S/C6H12N2O2/c1-8-6(9)10-5-2-4(7)3-5/h4-5H,2-3,7H2,1H3,(H,8,9). The number of ether oxygens (including phenoxy) is 1. The molecule has 0 unspecified atom stereocenters.